The van der Waals surface area contributed by atoms with E-state index < -0.39 is 46.5 Å². The molecule has 0 heterocycles. The third-order valence-corrected chi connectivity index (χ3v) is 8.73. The third-order valence-electron chi connectivity index (χ3n) is 8.73. The summed E-state index contributed by atoms with van der Waals surface area (Å²) in [4.78, 5) is 24.3. The van der Waals surface area contributed by atoms with Crippen LogP contribution in [0.1, 0.15) is 46.5 Å². The van der Waals surface area contributed by atoms with Crippen molar-refractivity contribution >= 4 is 11.6 Å². The van der Waals surface area contributed by atoms with E-state index in [0.29, 0.717) is 18.4 Å². The Morgan fingerprint density at radius 3 is 2.64 bits per heavy atom. The number of halogens is 1. The van der Waals surface area contributed by atoms with E-state index in [9.17, 15) is 24.9 Å². The molecule has 0 aliphatic heterocycles. The Bertz CT molecular complexity index is 805. The summed E-state index contributed by atoms with van der Waals surface area (Å²) in [7, 11) is 0. The molecule has 6 heteroatoms. The molecule has 0 aromatic heterocycles. The smallest absolute Gasteiger partial charge is 0.190 e. The minimum absolute atomic E-state index is 0.0513. The van der Waals surface area contributed by atoms with Gasteiger partial charge in [-0.25, -0.2) is 4.39 Å². The van der Waals surface area contributed by atoms with Crippen LogP contribution < -0.4 is 0 Å². The van der Waals surface area contributed by atoms with Crippen LogP contribution in [0.3, 0.4) is 0 Å². The third kappa shape index (κ3) is 2.06. The van der Waals surface area contributed by atoms with Gasteiger partial charge in [-0.05, 0) is 56.6 Å². The molecule has 0 radical (unpaired) electrons. The molecule has 28 heavy (non-hydrogen) atoms. The molecule has 0 saturated heterocycles. The Labute approximate surface area is 164 Å². The van der Waals surface area contributed by atoms with Gasteiger partial charge in [0.1, 0.15) is 12.2 Å². The molecule has 8 atom stereocenters. The summed E-state index contributed by atoms with van der Waals surface area (Å²) in [5.41, 5.74) is -5.14. The van der Waals surface area contributed by atoms with Crippen LogP contribution in [-0.4, -0.2) is 50.9 Å². The predicted molar refractivity (Wildman–Crippen MR) is 99.9 cm³/mol. The SMILES string of the molecule is C[C@H]1C[C@@H]2[C@@H]3CC[C@](O)(C(=O)CO)[C@]3(C)C[C@@H](O)[C@]2(F)[C@]2(C)C=CC(=O)C=C12. The van der Waals surface area contributed by atoms with Crippen LogP contribution in [0.15, 0.2) is 23.8 Å². The predicted octanol–water partition coefficient (Wildman–Crippen LogP) is 1.90. The van der Waals surface area contributed by atoms with Crippen LogP contribution >= 0.6 is 0 Å². The number of rotatable bonds is 2. The van der Waals surface area contributed by atoms with E-state index in [-0.39, 0.29) is 30.5 Å². The van der Waals surface area contributed by atoms with Gasteiger partial charge in [0, 0.05) is 16.7 Å². The molecule has 4 aliphatic rings. The second kappa shape index (κ2) is 5.83. The minimum Gasteiger partial charge on any atom is -0.390 e. The van der Waals surface area contributed by atoms with Gasteiger partial charge in [0.25, 0.3) is 0 Å². The molecule has 0 aromatic carbocycles. The number of Topliss-reactive ketones (excluding diaryl/α,β-unsaturated/α-hetero) is 1. The summed E-state index contributed by atoms with van der Waals surface area (Å²) in [5, 5.41) is 31.7. The number of aliphatic hydroxyl groups excluding tert-OH is 2. The molecule has 0 spiro atoms. The van der Waals surface area contributed by atoms with Crippen LogP contribution in [0.2, 0.25) is 0 Å². The molecule has 0 amide bonds. The van der Waals surface area contributed by atoms with Crippen molar-refractivity contribution in [2.45, 2.75) is 63.8 Å². The molecule has 154 valence electrons. The second-order valence-corrected chi connectivity index (χ2v) is 9.77. The van der Waals surface area contributed by atoms with Crippen molar-refractivity contribution in [3.63, 3.8) is 0 Å². The lowest BCUT2D eigenvalue weighted by Crippen LogP contribution is -2.69. The maximum atomic E-state index is 16.9. The van der Waals surface area contributed by atoms with Crippen molar-refractivity contribution in [3.05, 3.63) is 23.8 Å². The number of carbonyl (C=O) groups is 2. The van der Waals surface area contributed by atoms with E-state index >= 15 is 4.39 Å². The first-order chi connectivity index (χ1) is 13.0. The maximum Gasteiger partial charge on any atom is 0.190 e. The zero-order chi connectivity index (χ0) is 20.7. The highest BCUT2D eigenvalue weighted by Gasteiger charge is 2.74. The monoisotopic (exact) mass is 392 g/mol. The fourth-order valence-corrected chi connectivity index (χ4v) is 7.19. The summed E-state index contributed by atoms with van der Waals surface area (Å²) in [6.07, 6.45) is 4.09. The zero-order valence-electron chi connectivity index (χ0n) is 16.6. The van der Waals surface area contributed by atoms with Gasteiger partial charge in [-0.1, -0.05) is 25.5 Å². The molecule has 3 saturated carbocycles. The molecular formula is C22H29FO5. The molecule has 3 fully saturated rings. The molecule has 0 aromatic rings. The minimum atomic E-state index is -1.99. The van der Waals surface area contributed by atoms with E-state index in [1.165, 1.54) is 12.2 Å². The summed E-state index contributed by atoms with van der Waals surface area (Å²) >= 11 is 0. The van der Waals surface area contributed by atoms with Gasteiger partial charge in [0.05, 0.1) is 6.10 Å². The molecule has 3 N–H and O–H groups in total. The Morgan fingerprint density at radius 2 is 2.00 bits per heavy atom. The first-order valence-corrected chi connectivity index (χ1v) is 10.1. The topological polar surface area (TPSA) is 94.8 Å². The Kier molecular flexibility index (Phi) is 4.15. The number of carbonyl (C=O) groups excluding carboxylic acids is 2. The van der Waals surface area contributed by atoms with E-state index in [1.807, 2.05) is 6.92 Å². The summed E-state index contributed by atoms with van der Waals surface area (Å²) in [6.45, 7) is 4.69. The van der Waals surface area contributed by atoms with Gasteiger partial charge in [-0.2, -0.15) is 0 Å². The van der Waals surface area contributed by atoms with Gasteiger partial charge in [-0.3, -0.25) is 9.59 Å². The fraction of sp³-hybridized carbons (Fsp3) is 0.727. The average molecular weight is 392 g/mol. The number of allylic oxidation sites excluding steroid dienone is 4. The lowest BCUT2D eigenvalue weighted by atomic mass is 9.43. The zero-order valence-corrected chi connectivity index (χ0v) is 16.6. The normalized spacial score (nSPS) is 52.5. The van der Waals surface area contributed by atoms with Gasteiger partial charge >= 0.3 is 0 Å². The second-order valence-electron chi connectivity index (χ2n) is 9.77. The molecular weight excluding hydrogens is 363 g/mol. The van der Waals surface area contributed by atoms with Crippen LogP contribution in [0.5, 0.6) is 0 Å². The number of aliphatic hydroxyl groups is 3. The Morgan fingerprint density at radius 1 is 1.32 bits per heavy atom. The number of hydrogen-bond acceptors (Lipinski definition) is 5. The summed E-state index contributed by atoms with van der Waals surface area (Å²) in [5.74, 6) is -1.73. The van der Waals surface area contributed by atoms with Gasteiger partial charge in [-0.15, -0.1) is 0 Å². The Hall–Kier alpha value is -1.37. The van der Waals surface area contributed by atoms with Gasteiger partial charge in [0.15, 0.2) is 17.2 Å². The standard InChI is InChI=1S/C22H29FO5/c1-12-8-16-14-5-7-21(28,18(27)11-24)20(14,3)10-17(26)22(16,23)19(2)6-4-13(25)9-15(12)19/h4,6,9,12,14,16-17,24,26,28H,5,7-8,10-11H2,1-3H3/t12-,14-,16+,17+,19+,20+,21-,22-/m0/s1. The van der Waals surface area contributed by atoms with Crippen LogP contribution in [0.25, 0.3) is 0 Å². The van der Waals surface area contributed by atoms with E-state index in [0.717, 1.165) is 0 Å². The fourth-order valence-electron chi connectivity index (χ4n) is 7.19. The molecule has 5 nitrogen and oxygen atoms in total. The number of fused-ring (bicyclic) bond motifs is 5. The highest BCUT2D eigenvalue weighted by atomic mass is 19.1. The van der Waals surface area contributed by atoms with Crippen molar-refractivity contribution < 1.29 is 29.3 Å². The van der Waals surface area contributed by atoms with Crippen molar-refractivity contribution in [1.29, 1.82) is 0 Å². The van der Waals surface area contributed by atoms with E-state index in [1.54, 1.807) is 19.9 Å². The van der Waals surface area contributed by atoms with Gasteiger partial charge < -0.3 is 15.3 Å². The Balaban J connectivity index is 1.84. The number of alkyl halides is 1. The van der Waals surface area contributed by atoms with Crippen LogP contribution in [0.4, 0.5) is 4.39 Å². The van der Waals surface area contributed by atoms with Crippen molar-refractivity contribution in [3.8, 4) is 0 Å². The van der Waals surface area contributed by atoms with Crippen LogP contribution in [0, 0.1) is 28.6 Å². The van der Waals surface area contributed by atoms with Crippen LogP contribution in [-0.2, 0) is 9.59 Å². The molecule has 4 rings (SSSR count). The first-order valence-electron chi connectivity index (χ1n) is 10.1. The van der Waals surface area contributed by atoms with Crippen molar-refractivity contribution in [2.24, 2.45) is 28.6 Å². The first kappa shape index (κ1) is 19.9. The lowest BCUT2D eigenvalue weighted by molar-refractivity contribution is -0.221. The largest absolute Gasteiger partial charge is 0.390 e. The quantitative estimate of drug-likeness (QED) is 0.667. The van der Waals surface area contributed by atoms with Gasteiger partial charge in [0.2, 0.25) is 0 Å². The van der Waals surface area contributed by atoms with E-state index in [4.69, 9.17) is 0 Å². The molecule has 0 bridgehead atoms. The average Bonchev–Trinajstić information content (AvgIpc) is 2.91. The van der Waals surface area contributed by atoms with Crippen molar-refractivity contribution in [1.82, 2.24) is 0 Å². The highest BCUT2D eigenvalue weighted by molar-refractivity contribution is 6.01. The number of hydrogen-bond donors (Lipinski definition) is 3. The molecule has 0 unspecified atom stereocenters. The summed E-state index contributed by atoms with van der Waals surface area (Å²) < 4.78 is 16.9. The van der Waals surface area contributed by atoms with Crippen molar-refractivity contribution in [2.75, 3.05) is 6.61 Å². The highest BCUT2D eigenvalue weighted by Crippen LogP contribution is 2.70. The molecule has 4 aliphatic carbocycles. The lowest BCUT2D eigenvalue weighted by Gasteiger charge is -2.63. The summed E-state index contributed by atoms with van der Waals surface area (Å²) in [6, 6.07) is 0. The number of ketones is 2. The maximum absolute atomic E-state index is 16.9. The van der Waals surface area contributed by atoms with E-state index in [2.05, 4.69) is 0 Å².